The lowest BCUT2D eigenvalue weighted by molar-refractivity contribution is 1.11. The van der Waals surface area contributed by atoms with Gasteiger partial charge in [0.1, 0.15) is 0 Å². The highest BCUT2D eigenvalue weighted by atomic mass is 14.7. The highest BCUT2D eigenvalue weighted by molar-refractivity contribution is 5.82. The van der Waals surface area contributed by atoms with Crippen LogP contribution in [-0.4, -0.2) is 4.98 Å². The first-order chi connectivity index (χ1) is 8.09. The predicted octanol–water partition coefficient (Wildman–Crippen LogP) is 3.89. The van der Waals surface area contributed by atoms with E-state index in [2.05, 4.69) is 44.8 Å². The molecule has 0 aliphatic heterocycles. The molecule has 1 aliphatic rings. The van der Waals surface area contributed by atoms with E-state index in [4.69, 9.17) is 0 Å². The number of nitrogens with zero attached hydrogens (tertiary/aromatic N) is 1. The number of aryl methyl sites for hydroxylation is 2. The average Bonchev–Trinajstić information content (AvgIpc) is 2.69. The van der Waals surface area contributed by atoms with E-state index in [0.717, 1.165) is 12.1 Å². The summed E-state index contributed by atoms with van der Waals surface area (Å²) in [7, 11) is 0. The molecule has 1 heterocycles. The van der Waals surface area contributed by atoms with E-state index in [1.807, 2.05) is 6.20 Å². The summed E-state index contributed by atoms with van der Waals surface area (Å²) in [6, 6.07) is 4.50. The maximum absolute atomic E-state index is 4.49. The second kappa shape index (κ2) is 3.43. The van der Waals surface area contributed by atoms with E-state index in [0.29, 0.717) is 0 Å². The molecule has 1 aromatic carbocycles. The Balaban J connectivity index is 2.40. The van der Waals surface area contributed by atoms with Crippen molar-refractivity contribution in [3.8, 4) is 11.1 Å². The van der Waals surface area contributed by atoms with Crippen LogP contribution in [0.2, 0.25) is 0 Å². The molecular formula is C16H17N. The monoisotopic (exact) mass is 223 g/mol. The van der Waals surface area contributed by atoms with Gasteiger partial charge in [-0.05, 0) is 66.6 Å². The van der Waals surface area contributed by atoms with Gasteiger partial charge in [-0.1, -0.05) is 12.1 Å². The van der Waals surface area contributed by atoms with E-state index in [1.54, 1.807) is 0 Å². The molecule has 1 aromatic heterocycles. The van der Waals surface area contributed by atoms with Crippen LogP contribution in [0.1, 0.15) is 33.5 Å². The number of fused-ring (bicyclic) bond motifs is 3. The second-order valence-corrected chi connectivity index (χ2v) is 5.09. The molecule has 0 N–H and O–H groups in total. The summed E-state index contributed by atoms with van der Waals surface area (Å²) in [6.45, 7) is 8.71. The molecule has 2 aromatic rings. The lowest BCUT2D eigenvalue weighted by atomic mass is 9.94. The maximum Gasteiger partial charge on any atom is 0.0408 e. The minimum Gasteiger partial charge on any atom is -0.261 e. The van der Waals surface area contributed by atoms with Crippen LogP contribution in [0, 0.1) is 27.7 Å². The Kier molecular flexibility index (Phi) is 2.12. The minimum absolute atomic E-state index is 1.04. The highest BCUT2D eigenvalue weighted by Gasteiger charge is 2.23. The zero-order chi connectivity index (χ0) is 12.2. The van der Waals surface area contributed by atoms with Crippen LogP contribution in [0.25, 0.3) is 11.1 Å². The second-order valence-electron chi connectivity index (χ2n) is 5.09. The highest BCUT2D eigenvalue weighted by Crippen LogP contribution is 2.41. The fourth-order valence-electron chi connectivity index (χ4n) is 2.81. The quantitative estimate of drug-likeness (QED) is 0.563. The number of benzene rings is 1. The number of pyridine rings is 1. The van der Waals surface area contributed by atoms with Gasteiger partial charge in [-0.15, -0.1) is 0 Å². The van der Waals surface area contributed by atoms with E-state index in [-0.39, 0.29) is 0 Å². The summed E-state index contributed by atoms with van der Waals surface area (Å²) in [5, 5.41) is 0. The largest absolute Gasteiger partial charge is 0.261 e. The van der Waals surface area contributed by atoms with Crippen molar-refractivity contribution in [2.45, 2.75) is 34.1 Å². The number of aromatic nitrogens is 1. The van der Waals surface area contributed by atoms with Crippen molar-refractivity contribution in [3.05, 3.63) is 51.8 Å². The summed E-state index contributed by atoms with van der Waals surface area (Å²) in [5.74, 6) is 0. The molecule has 0 saturated carbocycles. The van der Waals surface area contributed by atoms with Gasteiger partial charge in [-0.2, -0.15) is 0 Å². The van der Waals surface area contributed by atoms with Gasteiger partial charge in [0, 0.05) is 18.3 Å². The van der Waals surface area contributed by atoms with Gasteiger partial charge in [0.25, 0.3) is 0 Å². The first kappa shape index (κ1) is 10.5. The Morgan fingerprint density at radius 2 is 1.59 bits per heavy atom. The summed E-state index contributed by atoms with van der Waals surface area (Å²) in [4.78, 5) is 4.49. The summed E-state index contributed by atoms with van der Waals surface area (Å²) in [5.41, 5.74) is 11.0. The number of rotatable bonds is 0. The zero-order valence-corrected chi connectivity index (χ0v) is 10.9. The van der Waals surface area contributed by atoms with Crippen molar-refractivity contribution in [2.24, 2.45) is 0 Å². The molecule has 86 valence electrons. The topological polar surface area (TPSA) is 12.9 Å². The van der Waals surface area contributed by atoms with Gasteiger partial charge >= 0.3 is 0 Å². The Morgan fingerprint density at radius 3 is 2.35 bits per heavy atom. The van der Waals surface area contributed by atoms with Crippen molar-refractivity contribution in [1.82, 2.24) is 4.98 Å². The minimum atomic E-state index is 1.04. The van der Waals surface area contributed by atoms with E-state index in [1.165, 1.54) is 38.9 Å². The zero-order valence-electron chi connectivity index (χ0n) is 10.9. The van der Waals surface area contributed by atoms with Crippen LogP contribution in [-0.2, 0) is 6.42 Å². The summed E-state index contributed by atoms with van der Waals surface area (Å²) < 4.78 is 0. The summed E-state index contributed by atoms with van der Waals surface area (Å²) >= 11 is 0. The normalized spacial score (nSPS) is 12.5. The Morgan fingerprint density at radius 1 is 0.882 bits per heavy atom. The van der Waals surface area contributed by atoms with Gasteiger partial charge in [-0.25, -0.2) is 0 Å². The molecule has 0 spiro atoms. The average molecular weight is 223 g/mol. The van der Waals surface area contributed by atoms with Gasteiger partial charge in [0.05, 0.1) is 0 Å². The first-order valence-electron chi connectivity index (χ1n) is 6.14. The molecular weight excluding hydrogens is 206 g/mol. The van der Waals surface area contributed by atoms with Crippen LogP contribution >= 0.6 is 0 Å². The molecule has 1 heteroatoms. The van der Waals surface area contributed by atoms with E-state index >= 15 is 0 Å². The van der Waals surface area contributed by atoms with Crippen LogP contribution in [0.3, 0.4) is 0 Å². The molecule has 0 radical (unpaired) electrons. The molecule has 1 nitrogen and oxygen atoms in total. The summed E-state index contributed by atoms with van der Waals surface area (Å²) in [6.07, 6.45) is 3.09. The standard InChI is InChI=1S/C16H17N/c1-9-5-6-13-7-14-8-17-12(4)11(3)16(14)15(13)10(9)2/h5-6,8H,7H2,1-4H3. The number of hydrogen-bond donors (Lipinski definition) is 0. The van der Waals surface area contributed by atoms with Gasteiger partial charge in [0.2, 0.25) is 0 Å². The van der Waals surface area contributed by atoms with Gasteiger partial charge in [-0.3, -0.25) is 4.98 Å². The van der Waals surface area contributed by atoms with Crippen LogP contribution < -0.4 is 0 Å². The molecule has 0 atom stereocenters. The smallest absolute Gasteiger partial charge is 0.0408 e. The third-order valence-corrected chi connectivity index (χ3v) is 4.11. The van der Waals surface area contributed by atoms with Crippen molar-refractivity contribution >= 4 is 0 Å². The molecule has 0 unspecified atom stereocenters. The lowest BCUT2D eigenvalue weighted by Gasteiger charge is -2.12. The van der Waals surface area contributed by atoms with E-state index in [9.17, 15) is 0 Å². The van der Waals surface area contributed by atoms with Crippen LogP contribution in [0.5, 0.6) is 0 Å². The molecule has 3 rings (SSSR count). The molecule has 1 aliphatic carbocycles. The SMILES string of the molecule is Cc1ccc2c(c1C)-c1c(cnc(C)c1C)C2. The van der Waals surface area contributed by atoms with Crippen LogP contribution in [0.4, 0.5) is 0 Å². The third kappa shape index (κ3) is 1.35. The fourth-order valence-corrected chi connectivity index (χ4v) is 2.81. The molecule has 0 saturated heterocycles. The number of hydrogen-bond acceptors (Lipinski definition) is 1. The molecule has 0 amide bonds. The molecule has 0 bridgehead atoms. The third-order valence-electron chi connectivity index (χ3n) is 4.11. The first-order valence-corrected chi connectivity index (χ1v) is 6.14. The molecule has 17 heavy (non-hydrogen) atoms. The van der Waals surface area contributed by atoms with Crippen molar-refractivity contribution in [1.29, 1.82) is 0 Å². The lowest BCUT2D eigenvalue weighted by Crippen LogP contribution is -1.94. The predicted molar refractivity (Wildman–Crippen MR) is 71.4 cm³/mol. The Labute approximate surface area is 103 Å². The maximum atomic E-state index is 4.49. The Bertz CT molecular complexity index is 568. The van der Waals surface area contributed by atoms with Crippen molar-refractivity contribution < 1.29 is 0 Å². The van der Waals surface area contributed by atoms with Crippen LogP contribution in [0.15, 0.2) is 18.3 Å². The van der Waals surface area contributed by atoms with Crippen molar-refractivity contribution in [2.75, 3.05) is 0 Å². The van der Waals surface area contributed by atoms with Gasteiger partial charge < -0.3 is 0 Å². The van der Waals surface area contributed by atoms with E-state index < -0.39 is 0 Å². The molecule has 0 fully saturated rings. The fraction of sp³-hybridized carbons (Fsp3) is 0.312. The Hall–Kier alpha value is -1.63. The van der Waals surface area contributed by atoms with Gasteiger partial charge in [0.15, 0.2) is 0 Å². The van der Waals surface area contributed by atoms with Crippen molar-refractivity contribution in [3.63, 3.8) is 0 Å².